The average molecular weight is 496 g/mol. The van der Waals surface area contributed by atoms with Crippen molar-refractivity contribution < 1.29 is 14.7 Å². The number of nitrogens with one attached hydrogen (secondary N) is 2. The Labute approximate surface area is 215 Å². The fourth-order valence-corrected chi connectivity index (χ4v) is 4.75. The van der Waals surface area contributed by atoms with Crippen molar-refractivity contribution in [2.45, 2.75) is 57.8 Å². The maximum Gasteiger partial charge on any atom is 0.239 e. The summed E-state index contributed by atoms with van der Waals surface area (Å²) < 4.78 is 0. The van der Waals surface area contributed by atoms with E-state index in [-0.39, 0.29) is 23.3 Å². The van der Waals surface area contributed by atoms with Crippen molar-refractivity contribution in [3.8, 4) is 0 Å². The number of aromatic nitrogens is 1. The van der Waals surface area contributed by atoms with Gasteiger partial charge in [0, 0.05) is 63.6 Å². The Balaban J connectivity index is 1.68. The Kier molecular flexibility index (Phi) is 9.98. The van der Waals surface area contributed by atoms with Crippen molar-refractivity contribution in [3.63, 3.8) is 0 Å². The van der Waals surface area contributed by atoms with E-state index in [2.05, 4.69) is 25.4 Å². The molecule has 196 valence electrons. The van der Waals surface area contributed by atoms with Gasteiger partial charge in [0.25, 0.3) is 0 Å². The van der Waals surface area contributed by atoms with Gasteiger partial charge in [0.05, 0.1) is 6.10 Å². The van der Waals surface area contributed by atoms with Crippen LogP contribution in [0.5, 0.6) is 0 Å². The van der Waals surface area contributed by atoms with Crippen molar-refractivity contribution in [3.05, 3.63) is 66.0 Å². The van der Waals surface area contributed by atoms with E-state index >= 15 is 0 Å². The number of benzene rings is 1. The van der Waals surface area contributed by atoms with Crippen LogP contribution in [0.15, 0.2) is 54.9 Å². The van der Waals surface area contributed by atoms with E-state index in [1.54, 1.807) is 13.2 Å². The normalized spacial score (nSPS) is 18.9. The van der Waals surface area contributed by atoms with Crippen LogP contribution in [0.25, 0.3) is 0 Å². The zero-order chi connectivity index (χ0) is 26.1. The molecule has 2 aromatic rings. The first-order valence-electron chi connectivity index (χ1n) is 12.8. The van der Waals surface area contributed by atoms with Gasteiger partial charge in [-0.3, -0.25) is 24.4 Å². The number of amides is 2. The maximum absolute atomic E-state index is 13.3. The first-order chi connectivity index (χ1) is 17.1. The first-order valence-corrected chi connectivity index (χ1v) is 12.8. The van der Waals surface area contributed by atoms with Gasteiger partial charge in [-0.1, -0.05) is 36.4 Å². The molecule has 0 saturated carbocycles. The minimum absolute atomic E-state index is 0.0438. The molecule has 1 aliphatic heterocycles. The highest BCUT2D eigenvalue weighted by Gasteiger charge is 2.35. The van der Waals surface area contributed by atoms with Gasteiger partial charge in [0.1, 0.15) is 6.04 Å². The smallest absolute Gasteiger partial charge is 0.239 e. The summed E-state index contributed by atoms with van der Waals surface area (Å²) in [4.78, 5) is 34.4. The standard InChI is InChI=1S/C28H41N5O3/c1-28(2,3)31-27(36)25-20-32(18-22-11-8-12-30-17-22)13-14-33(25)19-24(34)16-23(26(35)29-4)15-21-9-6-5-7-10-21/h5-12,17,23-25,34H,13-16,18-20H2,1-4H3,(H,29,35)(H,31,36)/t23-,24+,25+/m1/s1. The van der Waals surface area contributed by atoms with Gasteiger partial charge in [-0.2, -0.15) is 0 Å². The third-order valence-corrected chi connectivity index (χ3v) is 6.45. The largest absolute Gasteiger partial charge is 0.392 e. The number of pyridine rings is 1. The van der Waals surface area contributed by atoms with Crippen LogP contribution in [-0.4, -0.2) is 82.6 Å². The van der Waals surface area contributed by atoms with Crippen LogP contribution in [0, 0.1) is 5.92 Å². The van der Waals surface area contributed by atoms with Crippen LogP contribution < -0.4 is 10.6 Å². The van der Waals surface area contributed by atoms with Gasteiger partial charge in [-0.25, -0.2) is 0 Å². The molecule has 3 N–H and O–H groups in total. The maximum atomic E-state index is 13.3. The summed E-state index contributed by atoms with van der Waals surface area (Å²) in [5.41, 5.74) is 1.81. The molecule has 1 aromatic carbocycles. The van der Waals surface area contributed by atoms with Crippen molar-refractivity contribution in [1.82, 2.24) is 25.4 Å². The number of nitrogens with zero attached hydrogens (tertiary/aromatic N) is 3. The molecule has 0 unspecified atom stereocenters. The topological polar surface area (TPSA) is 97.8 Å². The second kappa shape index (κ2) is 12.9. The molecule has 2 amide bonds. The van der Waals surface area contributed by atoms with Crippen molar-refractivity contribution in [2.24, 2.45) is 5.92 Å². The fraction of sp³-hybridized carbons (Fsp3) is 0.536. The molecule has 0 spiro atoms. The zero-order valence-corrected chi connectivity index (χ0v) is 22.0. The average Bonchev–Trinajstić information content (AvgIpc) is 2.84. The molecule has 8 nitrogen and oxygen atoms in total. The number of aliphatic hydroxyl groups excluding tert-OH is 1. The molecule has 1 saturated heterocycles. The van der Waals surface area contributed by atoms with Gasteiger partial charge in [0.15, 0.2) is 0 Å². The van der Waals surface area contributed by atoms with E-state index < -0.39 is 12.1 Å². The number of aliphatic hydroxyl groups is 1. The second-order valence-electron chi connectivity index (χ2n) is 10.7. The molecule has 1 fully saturated rings. The molecule has 36 heavy (non-hydrogen) atoms. The highest BCUT2D eigenvalue weighted by molar-refractivity contribution is 5.82. The quantitative estimate of drug-likeness (QED) is 0.465. The summed E-state index contributed by atoms with van der Waals surface area (Å²) >= 11 is 0. The summed E-state index contributed by atoms with van der Waals surface area (Å²) in [7, 11) is 1.63. The molecule has 3 rings (SSSR count). The van der Waals surface area contributed by atoms with E-state index in [1.165, 1.54) is 0 Å². The minimum atomic E-state index is -0.731. The van der Waals surface area contributed by atoms with Gasteiger partial charge in [0.2, 0.25) is 11.8 Å². The van der Waals surface area contributed by atoms with Gasteiger partial charge >= 0.3 is 0 Å². The van der Waals surface area contributed by atoms with Gasteiger partial charge in [-0.05, 0) is 50.8 Å². The third-order valence-electron chi connectivity index (χ3n) is 6.45. The van der Waals surface area contributed by atoms with E-state index in [0.29, 0.717) is 32.5 Å². The number of hydrogen-bond donors (Lipinski definition) is 3. The molecule has 0 bridgehead atoms. The lowest BCUT2D eigenvalue weighted by Crippen LogP contribution is -2.61. The van der Waals surface area contributed by atoms with Crippen LogP contribution in [0.1, 0.15) is 38.3 Å². The molecule has 3 atom stereocenters. The Hall–Kier alpha value is -2.81. The Bertz CT molecular complexity index is 964. The number of piperazine rings is 1. The van der Waals surface area contributed by atoms with Crippen LogP contribution in [-0.2, 0) is 22.6 Å². The monoisotopic (exact) mass is 495 g/mol. The lowest BCUT2D eigenvalue weighted by atomic mass is 9.92. The summed E-state index contributed by atoms with van der Waals surface area (Å²) in [5.74, 6) is -0.472. The molecule has 1 aromatic heterocycles. The lowest BCUT2D eigenvalue weighted by molar-refractivity contribution is -0.132. The summed E-state index contributed by atoms with van der Waals surface area (Å²) in [6.45, 7) is 8.97. The molecule has 8 heteroatoms. The van der Waals surface area contributed by atoms with Gasteiger partial charge in [-0.15, -0.1) is 0 Å². The number of rotatable bonds is 10. The molecule has 2 heterocycles. The Morgan fingerprint density at radius 1 is 1.11 bits per heavy atom. The summed E-state index contributed by atoms with van der Waals surface area (Å²) in [6.07, 6.45) is 3.77. The fourth-order valence-electron chi connectivity index (χ4n) is 4.75. The molecule has 1 aliphatic rings. The number of β-amino-alcohol motifs (C(OH)–C–C–N with tert-alkyl or cyclic N) is 1. The summed E-state index contributed by atoms with van der Waals surface area (Å²) in [6, 6.07) is 13.4. The van der Waals surface area contributed by atoms with E-state index in [0.717, 1.165) is 24.2 Å². The highest BCUT2D eigenvalue weighted by Crippen LogP contribution is 2.19. The second-order valence-corrected chi connectivity index (χ2v) is 10.7. The minimum Gasteiger partial charge on any atom is -0.392 e. The van der Waals surface area contributed by atoms with Crippen LogP contribution in [0.2, 0.25) is 0 Å². The number of carbonyl (C=O) groups is 2. The van der Waals surface area contributed by atoms with Crippen LogP contribution >= 0.6 is 0 Å². The molecule has 0 aliphatic carbocycles. The van der Waals surface area contributed by atoms with E-state index in [4.69, 9.17) is 0 Å². The zero-order valence-electron chi connectivity index (χ0n) is 22.0. The highest BCUT2D eigenvalue weighted by atomic mass is 16.3. The van der Waals surface area contributed by atoms with E-state index in [1.807, 2.05) is 69.4 Å². The molecular formula is C28H41N5O3. The summed E-state index contributed by atoms with van der Waals surface area (Å²) in [5, 5.41) is 16.9. The molecule has 0 radical (unpaired) electrons. The Morgan fingerprint density at radius 2 is 1.83 bits per heavy atom. The molecular weight excluding hydrogens is 454 g/mol. The Morgan fingerprint density at radius 3 is 2.47 bits per heavy atom. The van der Waals surface area contributed by atoms with Crippen molar-refractivity contribution >= 4 is 11.8 Å². The number of hydrogen-bond acceptors (Lipinski definition) is 6. The SMILES string of the molecule is CNC(=O)[C@H](Cc1ccccc1)C[C@H](O)CN1CCN(Cc2cccnc2)C[C@H]1C(=O)NC(C)(C)C. The number of carbonyl (C=O) groups excluding carboxylic acids is 2. The lowest BCUT2D eigenvalue weighted by Gasteiger charge is -2.42. The van der Waals surface area contributed by atoms with Crippen LogP contribution in [0.3, 0.4) is 0 Å². The first kappa shape index (κ1) is 27.8. The van der Waals surface area contributed by atoms with E-state index in [9.17, 15) is 14.7 Å². The van der Waals surface area contributed by atoms with Crippen molar-refractivity contribution in [1.29, 1.82) is 0 Å². The predicted octanol–water partition coefficient (Wildman–Crippen LogP) is 1.84. The van der Waals surface area contributed by atoms with Gasteiger partial charge < -0.3 is 15.7 Å². The predicted molar refractivity (Wildman–Crippen MR) is 141 cm³/mol. The third kappa shape index (κ3) is 8.69. The van der Waals surface area contributed by atoms with Crippen molar-refractivity contribution in [2.75, 3.05) is 33.2 Å². The van der Waals surface area contributed by atoms with Crippen LogP contribution in [0.4, 0.5) is 0 Å².